The van der Waals surface area contributed by atoms with Gasteiger partial charge in [0.25, 0.3) is 5.91 Å². The van der Waals surface area contributed by atoms with Crippen LogP contribution in [0, 0.1) is 0 Å². The SMILES string of the molecule is COc1cc(C2C(C(=O)/C=C/c3ccccc3)=C(O)C(=O)N2Cc2ccccc2)cc(OC)c1OC. The molecule has 1 aliphatic heterocycles. The van der Waals surface area contributed by atoms with Crippen molar-refractivity contribution < 1.29 is 28.9 Å². The largest absolute Gasteiger partial charge is 0.503 e. The second-order valence-electron chi connectivity index (χ2n) is 8.15. The Hall–Kier alpha value is -4.52. The lowest BCUT2D eigenvalue weighted by atomic mass is 9.94. The molecule has 1 atom stereocenters. The number of carbonyl (C=O) groups excluding carboxylic acids is 2. The van der Waals surface area contributed by atoms with Gasteiger partial charge in [0.05, 0.1) is 32.9 Å². The smallest absolute Gasteiger partial charge is 0.290 e. The van der Waals surface area contributed by atoms with Gasteiger partial charge in [0.1, 0.15) is 0 Å². The van der Waals surface area contributed by atoms with Crippen LogP contribution in [-0.2, 0) is 16.1 Å². The zero-order valence-corrected chi connectivity index (χ0v) is 20.3. The van der Waals surface area contributed by atoms with Crippen LogP contribution in [0.2, 0.25) is 0 Å². The molecule has 0 aromatic heterocycles. The molecule has 0 saturated heterocycles. The summed E-state index contributed by atoms with van der Waals surface area (Å²) in [6.07, 6.45) is 3.02. The number of methoxy groups -OCH3 is 3. The first kappa shape index (κ1) is 24.6. The van der Waals surface area contributed by atoms with Crippen molar-refractivity contribution in [3.8, 4) is 17.2 Å². The fraction of sp³-hybridized carbons (Fsp3) is 0.172. The van der Waals surface area contributed by atoms with E-state index < -0.39 is 23.5 Å². The third kappa shape index (κ3) is 4.81. The predicted molar refractivity (Wildman–Crippen MR) is 136 cm³/mol. The molecule has 3 aromatic carbocycles. The van der Waals surface area contributed by atoms with Crippen LogP contribution in [0.5, 0.6) is 17.2 Å². The van der Waals surface area contributed by atoms with Crippen LogP contribution in [0.3, 0.4) is 0 Å². The number of benzene rings is 3. The summed E-state index contributed by atoms with van der Waals surface area (Å²) in [5.74, 6) is -0.554. The van der Waals surface area contributed by atoms with Gasteiger partial charge in [-0.3, -0.25) is 9.59 Å². The molecule has 0 aliphatic carbocycles. The number of carbonyl (C=O) groups is 2. The van der Waals surface area contributed by atoms with Gasteiger partial charge in [0.2, 0.25) is 5.75 Å². The predicted octanol–water partition coefficient (Wildman–Crippen LogP) is 4.89. The minimum atomic E-state index is -0.876. The molecule has 0 saturated carbocycles. The Labute approximate surface area is 209 Å². The molecule has 0 bridgehead atoms. The van der Waals surface area contributed by atoms with Gasteiger partial charge in [-0.25, -0.2) is 0 Å². The first-order chi connectivity index (χ1) is 17.5. The number of hydrogen-bond donors (Lipinski definition) is 1. The summed E-state index contributed by atoms with van der Waals surface area (Å²) in [6, 6.07) is 21.2. The highest BCUT2D eigenvalue weighted by molar-refractivity contribution is 6.14. The molecule has 4 rings (SSSR count). The van der Waals surface area contributed by atoms with E-state index in [1.54, 1.807) is 18.2 Å². The van der Waals surface area contributed by atoms with Crippen molar-refractivity contribution in [1.29, 1.82) is 0 Å². The molecule has 1 heterocycles. The van der Waals surface area contributed by atoms with Gasteiger partial charge in [0.15, 0.2) is 23.0 Å². The first-order valence-electron chi connectivity index (χ1n) is 11.3. The van der Waals surface area contributed by atoms with Crippen molar-refractivity contribution in [1.82, 2.24) is 4.90 Å². The van der Waals surface area contributed by atoms with Crippen LogP contribution < -0.4 is 14.2 Å². The van der Waals surface area contributed by atoms with E-state index in [0.717, 1.165) is 11.1 Å². The lowest BCUT2D eigenvalue weighted by Gasteiger charge is -2.27. The van der Waals surface area contributed by atoms with Gasteiger partial charge < -0.3 is 24.2 Å². The number of hydrogen-bond acceptors (Lipinski definition) is 6. The number of aliphatic hydroxyl groups is 1. The first-order valence-corrected chi connectivity index (χ1v) is 11.3. The maximum absolute atomic E-state index is 13.4. The molecule has 1 aliphatic rings. The molecule has 1 N–H and O–H groups in total. The van der Waals surface area contributed by atoms with E-state index in [1.807, 2.05) is 60.7 Å². The number of allylic oxidation sites excluding steroid dienone is 1. The van der Waals surface area contributed by atoms with Crippen molar-refractivity contribution >= 4 is 17.8 Å². The van der Waals surface area contributed by atoms with Crippen LogP contribution in [0.15, 0.2) is 90.2 Å². The van der Waals surface area contributed by atoms with Crippen LogP contribution in [0.25, 0.3) is 6.08 Å². The lowest BCUT2D eigenvalue weighted by Crippen LogP contribution is -2.30. The molecule has 7 heteroatoms. The highest BCUT2D eigenvalue weighted by Gasteiger charge is 2.43. The minimum Gasteiger partial charge on any atom is -0.503 e. The Morgan fingerprint density at radius 3 is 2.06 bits per heavy atom. The fourth-order valence-electron chi connectivity index (χ4n) is 4.28. The summed E-state index contributed by atoms with van der Waals surface area (Å²) < 4.78 is 16.4. The number of aliphatic hydroxyl groups excluding tert-OH is 1. The normalized spacial score (nSPS) is 15.5. The monoisotopic (exact) mass is 485 g/mol. The van der Waals surface area contributed by atoms with Crippen LogP contribution in [0.1, 0.15) is 22.7 Å². The van der Waals surface area contributed by atoms with Crippen molar-refractivity contribution in [3.05, 3.63) is 107 Å². The third-order valence-electron chi connectivity index (χ3n) is 5.99. The lowest BCUT2D eigenvalue weighted by molar-refractivity contribution is -0.130. The quantitative estimate of drug-likeness (QED) is 0.435. The topological polar surface area (TPSA) is 85.3 Å². The fourth-order valence-corrected chi connectivity index (χ4v) is 4.28. The van der Waals surface area contributed by atoms with E-state index in [2.05, 4.69) is 0 Å². The Morgan fingerprint density at radius 2 is 1.50 bits per heavy atom. The molecule has 184 valence electrons. The average Bonchev–Trinajstić information content (AvgIpc) is 3.17. The summed E-state index contributed by atoms with van der Waals surface area (Å²) in [6.45, 7) is 0.185. The highest BCUT2D eigenvalue weighted by Crippen LogP contribution is 2.45. The molecular formula is C29H27NO6. The highest BCUT2D eigenvalue weighted by atomic mass is 16.5. The molecule has 3 aromatic rings. The summed E-state index contributed by atoms with van der Waals surface area (Å²) in [5.41, 5.74) is 2.19. The van der Waals surface area contributed by atoms with E-state index in [0.29, 0.717) is 22.8 Å². The molecule has 0 fully saturated rings. The summed E-state index contributed by atoms with van der Waals surface area (Å²) in [4.78, 5) is 28.2. The van der Waals surface area contributed by atoms with Crippen LogP contribution in [0.4, 0.5) is 0 Å². The zero-order valence-electron chi connectivity index (χ0n) is 20.3. The van der Waals surface area contributed by atoms with Crippen molar-refractivity contribution in [2.75, 3.05) is 21.3 Å². The van der Waals surface area contributed by atoms with Crippen molar-refractivity contribution in [2.24, 2.45) is 0 Å². The average molecular weight is 486 g/mol. The third-order valence-corrected chi connectivity index (χ3v) is 5.99. The molecule has 1 unspecified atom stereocenters. The number of amides is 1. The van der Waals surface area contributed by atoms with Gasteiger partial charge >= 0.3 is 0 Å². The Kier molecular flexibility index (Phi) is 7.39. The van der Waals surface area contributed by atoms with Gasteiger partial charge in [0, 0.05) is 6.54 Å². The molecule has 36 heavy (non-hydrogen) atoms. The van der Waals surface area contributed by atoms with Gasteiger partial charge in [-0.05, 0) is 34.9 Å². The van der Waals surface area contributed by atoms with Gasteiger partial charge in [-0.15, -0.1) is 0 Å². The maximum atomic E-state index is 13.4. The Balaban J connectivity index is 1.82. The maximum Gasteiger partial charge on any atom is 0.290 e. The molecule has 1 amide bonds. The Bertz CT molecular complexity index is 1290. The van der Waals surface area contributed by atoms with E-state index in [9.17, 15) is 14.7 Å². The second kappa shape index (κ2) is 10.8. The van der Waals surface area contributed by atoms with Crippen LogP contribution in [-0.4, -0.2) is 43.0 Å². The summed E-state index contributed by atoms with van der Waals surface area (Å²) in [5, 5.41) is 10.9. The minimum absolute atomic E-state index is 0.0163. The number of nitrogens with zero attached hydrogens (tertiary/aromatic N) is 1. The standard InChI is InChI=1S/C29H27NO6/c1-34-23-16-21(17-24(35-2)28(23)36-3)26-25(22(31)15-14-19-10-6-4-7-11-19)27(32)29(33)30(26)18-20-12-8-5-9-13-20/h4-17,26,32H,18H2,1-3H3/b15-14+. The van der Waals surface area contributed by atoms with Crippen molar-refractivity contribution in [2.45, 2.75) is 12.6 Å². The molecule has 7 nitrogen and oxygen atoms in total. The second-order valence-corrected chi connectivity index (χ2v) is 8.15. The molecule has 0 spiro atoms. The zero-order chi connectivity index (χ0) is 25.7. The molecular weight excluding hydrogens is 458 g/mol. The van der Waals surface area contributed by atoms with E-state index in [-0.39, 0.29) is 12.1 Å². The van der Waals surface area contributed by atoms with Crippen LogP contribution >= 0.6 is 0 Å². The molecule has 0 radical (unpaired) electrons. The van der Waals surface area contributed by atoms with Gasteiger partial charge in [-0.1, -0.05) is 66.7 Å². The van der Waals surface area contributed by atoms with E-state index >= 15 is 0 Å². The Morgan fingerprint density at radius 1 is 0.917 bits per heavy atom. The summed E-state index contributed by atoms with van der Waals surface area (Å²) in [7, 11) is 4.48. The van der Waals surface area contributed by atoms with E-state index in [1.165, 1.54) is 32.3 Å². The van der Waals surface area contributed by atoms with Gasteiger partial charge in [-0.2, -0.15) is 0 Å². The number of ketones is 1. The summed E-state index contributed by atoms with van der Waals surface area (Å²) >= 11 is 0. The van der Waals surface area contributed by atoms with E-state index in [4.69, 9.17) is 14.2 Å². The van der Waals surface area contributed by atoms with Crippen molar-refractivity contribution in [3.63, 3.8) is 0 Å². The number of ether oxygens (including phenoxy) is 3. The number of rotatable bonds is 9.